The number of carbonyl (C=O) groups excluding carboxylic acids is 1. The molecular weight excluding hydrogens is 323 g/mol. The van der Waals surface area contributed by atoms with Gasteiger partial charge in [-0.15, -0.1) is 0 Å². The quantitative estimate of drug-likeness (QED) is 0.672. The van der Waals surface area contributed by atoms with E-state index < -0.39 is 11.8 Å². The normalized spacial score (nSPS) is 10.7. The van der Waals surface area contributed by atoms with E-state index in [4.69, 9.17) is 21.1 Å². The summed E-state index contributed by atoms with van der Waals surface area (Å²) in [5.41, 5.74) is 1.27. The van der Waals surface area contributed by atoms with Gasteiger partial charge in [-0.05, 0) is 24.3 Å². The second kappa shape index (κ2) is 6.66. The molecule has 23 heavy (non-hydrogen) atoms. The molecule has 0 unspecified atom stereocenters. The van der Waals surface area contributed by atoms with Crippen molar-refractivity contribution in [1.82, 2.24) is 9.38 Å². The zero-order valence-corrected chi connectivity index (χ0v) is 12.7. The summed E-state index contributed by atoms with van der Waals surface area (Å²) in [4.78, 5) is 15.9. The Labute approximate surface area is 136 Å². The van der Waals surface area contributed by atoms with E-state index in [0.29, 0.717) is 16.4 Å². The minimum absolute atomic E-state index is 0.00123. The van der Waals surface area contributed by atoms with Gasteiger partial charge in [0, 0.05) is 12.4 Å². The number of fused-ring (bicyclic) bond motifs is 1. The van der Waals surface area contributed by atoms with Crippen LogP contribution >= 0.6 is 11.6 Å². The maximum Gasteiger partial charge on any atom is 0.344 e. The van der Waals surface area contributed by atoms with E-state index in [1.807, 2.05) is 0 Å². The third kappa shape index (κ3) is 3.78. The van der Waals surface area contributed by atoms with Crippen molar-refractivity contribution in [2.75, 3.05) is 6.61 Å². The Bertz CT molecular complexity index is 850. The molecule has 1 aromatic carbocycles. The number of halogens is 2. The highest BCUT2D eigenvalue weighted by atomic mass is 35.5. The van der Waals surface area contributed by atoms with E-state index >= 15 is 0 Å². The van der Waals surface area contributed by atoms with Crippen LogP contribution in [-0.4, -0.2) is 22.0 Å². The van der Waals surface area contributed by atoms with Crippen molar-refractivity contribution >= 4 is 23.2 Å². The van der Waals surface area contributed by atoms with Gasteiger partial charge in [-0.3, -0.25) is 0 Å². The van der Waals surface area contributed by atoms with Crippen LogP contribution < -0.4 is 4.74 Å². The first-order valence-corrected chi connectivity index (χ1v) is 7.16. The number of rotatable bonds is 5. The van der Waals surface area contributed by atoms with Crippen molar-refractivity contribution in [3.8, 4) is 5.75 Å². The van der Waals surface area contributed by atoms with Gasteiger partial charge in [-0.2, -0.15) is 0 Å². The molecule has 0 N–H and O–H groups in total. The fourth-order valence-electron chi connectivity index (χ4n) is 1.98. The first kappa shape index (κ1) is 15.3. The maximum absolute atomic E-state index is 13.3. The highest BCUT2D eigenvalue weighted by Crippen LogP contribution is 2.15. The molecule has 7 heteroatoms. The summed E-state index contributed by atoms with van der Waals surface area (Å²) in [6.45, 7) is -0.376. The van der Waals surface area contributed by atoms with Gasteiger partial charge in [-0.25, -0.2) is 14.2 Å². The summed E-state index contributed by atoms with van der Waals surface area (Å²) in [5.74, 6) is -1.13. The van der Waals surface area contributed by atoms with E-state index in [1.165, 1.54) is 18.2 Å². The van der Waals surface area contributed by atoms with Gasteiger partial charge in [0.05, 0.1) is 10.7 Å². The Morgan fingerprint density at radius 1 is 1.22 bits per heavy atom. The molecule has 2 heterocycles. The number of ether oxygens (including phenoxy) is 2. The molecule has 5 nitrogen and oxygen atoms in total. The number of hydrogen-bond acceptors (Lipinski definition) is 4. The number of aromatic nitrogens is 2. The molecule has 0 aliphatic heterocycles. The summed E-state index contributed by atoms with van der Waals surface area (Å²) in [6, 6.07) is 9.33. The maximum atomic E-state index is 13.3. The number of benzene rings is 1. The lowest BCUT2D eigenvalue weighted by Gasteiger charge is -2.06. The van der Waals surface area contributed by atoms with Crippen LogP contribution in [0.2, 0.25) is 5.02 Å². The molecule has 0 radical (unpaired) electrons. The van der Waals surface area contributed by atoms with Crippen LogP contribution in [0.15, 0.2) is 48.8 Å². The van der Waals surface area contributed by atoms with E-state index in [2.05, 4.69) is 4.98 Å². The highest BCUT2D eigenvalue weighted by Gasteiger charge is 2.09. The SMILES string of the molecule is O=C(COc1ccccc1F)OCc1cn2cc(Cl)ccc2n1. The predicted molar refractivity (Wildman–Crippen MR) is 81.9 cm³/mol. The molecular formula is C16H12ClFN2O3. The van der Waals surface area contributed by atoms with Crippen LogP contribution in [-0.2, 0) is 16.1 Å². The van der Waals surface area contributed by atoms with Gasteiger partial charge in [0.15, 0.2) is 18.2 Å². The van der Waals surface area contributed by atoms with Gasteiger partial charge >= 0.3 is 5.97 Å². The van der Waals surface area contributed by atoms with Crippen molar-refractivity contribution < 1.29 is 18.7 Å². The molecule has 0 saturated heterocycles. The van der Waals surface area contributed by atoms with Crippen LogP contribution in [0.25, 0.3) is 5.65 Å². The summed E-state index contributed by atoms with van der Waals surface area (Å²) >= 11 is 5.89. The highest BCUT2D eigenvalue weighted by molar-refractivity contribution is 6.30. The number of carbonyl (C=O) groups is 1. The number of para-hydroxylation sites is 1. The van der Waals surface area contributed by atoms with Crippen LogP contribution in [0.1, 0.15) is 5.69 Å². The van der Waals surface area contributed by atoms with Crippen molar-refractivity contribution in [2.24, 2.45) is 0 Å². The Kier molecular flexibility index (Phi) is 4.43. The minimum Gasteiger partial charge on any atom is -0.479 e. The zero-order chi connectivity index (χ0) is 16.2. The molecule has 2 aromatic heterocycles. The number of imidazole rings is 1. The van der Waals surface area contributed by atoms with Gasteiger partial charge in [0.25, 0.3) is 0 Å². The fourth-order valence-corrected chi connectivity index (χ4v) is 2.15. The second-order valence-corrected chi connectivity index (χ2v) is 5.16. The van der Waals surface area contributed by atoms with E-state index in [-0.39, 0.29) is 19.0 Å². The van der Waals surface area contributed by atoms with Crippen LogP contribution in [0.3, 0.4) is 0 Å². The molecule has 0 aliphatic carbocycles. The molecule has 3 aromatic rings. The third-order valence-electron chi connectivity index (χ3n) is 3.03. The van der Waals surface area contributed by atoms with Crippen LogP contribution in [0.5, 0.6) is 5.75 Å². The molecule has 0 spiro atoms. The van der Waals surface area contributed by atoms with Crippen LogP contribution in [0.4, 0.5) is 4.39 Å². The molecule has 0 aliphatic rings. The first-order valence-electron chi connectivity index (χ1n) is 6.78. The molecule has 0 atom stereocenters. The predicted octanol–water partition coefficient (Wildman–Crippen LogP) is 3.25. The average molecular weight is 335 g/mol. The smallest absolute Gasteiger partial charge is 0.344 e. The molecule has 118 valence electrons. The number of nitrogens with zero attached hydrogens (tertiary/aromatic N) is 2. The van der Waals surface area contributed by atoms with E-state index in [9.17, 15) is 9.18 Å². The Morgan fingerprint density at radius 3 is 2.87 bits per heavy atom. The van der Waals surface area contributed by atoms with Gasteiger partial charge in [-0.1, -0.05) is 23.7 Å². The van der Waals surface area contributed by atoms with Crippen LogP contribution in [0, 0.1) is 5.82 Å². The molecule has 0 fully saturated rings. The molecule has 0 bridgehead atoms. The third-order valence-corrected chi connectivity index (χ3v) is 3.25. The number of pyridine rings is 1. The number of esters is 1. The molecule has 0 amide bonds. The largest absolute Gasteiger partial charge is 0.479 e. The van der Waals surface area contributed by atoms with E-state index in [0.717, 1.165) is 0 Å². The van der Waals surface area contributed by atoms with Crippen molar-refractivity contribution in [3.05, 3.63) is 65.3 Å². The van der Waals surface area contributed by atoms with Crippen molar-refractivity contribution in [3.63, 3.8) is 0 Å². The summed E-state index contributed by atoms with van der Waals surface area (Å²) in [5, 5.41) is 0.580. The zero-order valence-electron chi connectivity index (χ0n) is 11.9. The lowest BCUT2D eigenvalue weighted by molar-refractivity contribution is -0.147. The molecule has 3 rings (SSSR count). The monoisotopic (exact) mass is 334 g/mol. The van der Waals surface area contributed by atoms with Gasteiger partial charge in [0.1, 0.15) is 12.3 Å². The van der Waals surface area contributed by atoms with Gasteiger partial charge < -0.3 is 13.9 Å². The Balaban J connectivity index is 1.54. The second-order valence-electron chi connectivity index (χ2n) is 4.72. The average Bonchev–Trinajstić information content (AvgIpc) is 2.94. The summed E-state index contributed by atoms with van der Waals surface area (Å²) in [7, 11) is 0. The van der Waals surface area contributed by atoms with Gasteiger partial charge in [0.2, 0.25) is 0 Å². The standard InChI is InChI=1S/C16H12ClFN2O3/c17-11-5-6-15-19-12(8-20(15)7-11)9-23-16(21)10-22-14-4-2-1-3-13(14)18/h1-8H,9-10H2. The molecule has 0 saturated carbocycles. The van der Waals surface area contributed by atoms with E-state index in [1.54, 1.807) is 35.0 Å². The summed E-state index contributed by atoms with van der Waals surface area (Å²) in [6.07, 6.45) is 3.42. The topological polar surface area (TPSA) is 52.8 Å². The lowest BCUT2D eigenvalue weighted by atomic mass is 10.3. The van der Waals surface area contributed by atoms with Crippen molar-refractivity contribution in [1.29, 1.82) is 0 Å². The fraction of sp³-hybridized carbons (Fsp3) is 0.125. The lowest BCUT2D eigenvalue weighted by Crippen LogP contribution is -2.15. The van der Waals surface area contributed by atoms with Crippen molar-refractivity contribution in [2.45, 2.75) is 6.61 Å². The first-order chi connectivity index (χ1) is 11.1. The Hall–Kier alpha value is -2.60. The summed E-state index contributed by atoms with van der Waals surface area (Å²) < 4.78 is 25.2. The number of hydrogen-bond donors (Lipinski definition) is 0. The Morgan fingerprint density at radius 2 is 2.04 bits per heavy atom. The minimum atomic E-state index is -0.608.